The lowest BCUT2D eigenvalue weighted by atomic mass is 9.93. The molecule has 2 nitrogen and oxygen atoms in total. The Morgan fingerprint density at radius 1 is 1.27 bits per heavy atom. The first kappa shape index (κ1) is 16.7. The minimum atomic E-state index is -4.29. The summed E-state index contributed by atoms with van der Waals surface area (Å²) in [6, 6.07) is 5.98. The summed E-state index contributed by atoms with van der Waals surface area (Å²) >= 11 is -0.149. The molecular weight excluding hydrogens is 311 g/mol. The van der Waals surface area contributed by atoms with Crippen LogP contribution in [0.5, 0.6) is 0 Å². The van der Waals surface area contributed by atoms with Crippen molar-refractivity contribution in [1.82, 2.24) is 5.32 Å². The van der Waals surface area contributed by atoms with Gasteiger partial charge in [-0.05, 0) is 41.8 Å². The Hall–Kier alpha value is -1.69. The van der Waals surface area contributed by atoms with Gasteiger partial charge in [0.2, 0.25) is 0 Å². The van der Waals surface area contributed by atoms with Crippen molar-refractivity contribution >= 4 is 23.2 Å². The second kappa shape index (κ2) is 6.60. The summed E-state index contributed by atoms with van der Waals surface area (Å²) in [4.78, 5) is 11.7. The smallest absolute Gasteiger partial charge is 0.359 e. The molecule has 2 rings (SSSR count). The molecule has 1 unspecified atom stereocenters. The second-order valence-electron chi connectivity index (χ2n) is 5.33. The van der Waals surface area contributed by atoms with Gasteiger partial charge in [-0.15, -0.1) is 0 Å². The van der Waals surface area contributed by atoms with Crippen LogP contribution in [0.1, 0.15) is 25.3 Å². The van der Waals surface area contributed by atoms with E-state index in [0.717, 1.165) is 12.1 Å². The molecule has 0 heterocycles. The van der Waals surface area contributed by atoms with E-state index in [-0.39, 0.29) is 28.4 Å². The standard InChI is InChI=1S/C16H16F3NOS/c1-10-7-13(9-14(21)8-10)20-11(2)12-3-5-15(6-4-12)22-16(17,18)19/h3-6,9-10,20H,2,7-8H2,1H3. The van der Waals surface area contributed by atoms with E-state index in [2.05, 4.69) is 11.9 Å². The molecule has 118 valence electrons. The van der Waals surface area contributed by atoms with Gasteiger partial charge >= 0.3 is 5.51 Å². The number of thioether (sulfide) groups is 1. The Morgan fingerprint density at radius 2 is 1.91 bits per heavy atom. The monoisotopic (exact) mass is 327 g/mol. The lowest BCUT2D eigenvalue weighted by molar-refractivity contribution is -0.115. The van der Waals surface area contributed by atoms with Crippen molar-refractivity contribution in [3.8, 4) is 0 Å². The number of alkyl halides is 3. The van der Waals surface area contributed by atoms with E-state index in [1.165, 1.54) is 12.1 Å². The van der Waals surface area contributed by atoms with Crippen LogP contribution >= 0.6 is 11.8 Å². The molecular formula is C16H16F3NOS. The van der Waals surface area contributed by atoms with Gasteiger partial charge in [0, 0.05) is 28.8 Å². The van der Waals surface area contributed by atoms with Gasteiger partial charge in [-0.3, -0.25) is 4.79 Å². The predicted molar refractivity (Wildman–Crippen MR) is 82.0 cm³/mol. The molecule has 6 heteroatoms. The van der Waals surface area contributed by atoms with Crippen LogP contribution in [0, 0.1) is 5.92 Å². The van der Waals surface area contributed by atoms with Crippen molar-refractivity contribution in [1.29, 1.82) is 0 Å². The highest BCUT2D eigenvalue weighted by Crippen LogP contribution is 2.37. The molecule has 1 aromatic carbocycles. The summed E-state index contributed by atoms with van der Waals surface area (Å²) in [5.74, 6) is 0.351. The normalized spacial score (nSPS) is 18.8. The first-order chi connectivity index (χ1) is 10.2. The highest BCUT2D eigenvalue weighted by molar-refractivity contribution is 8.00. The topological polar surface area (TPSA) is 29.1 Å². The van der Waals surface area contributed by atoms with Crippen molar-refractivity contribution in [2.24, 2.45) is 5.92 Å². The van der Waals surface area contributed by atoms with E-state index in [1.54, 1.807) is 18.2 Å². The second-order valence-corrected chi connectivity index (χ2v) is 6.46. The molecule has 0 spiro atoms. The molecule has 22 heavy (non-hydrogen) atoms. The first-order valence-electron chi connectivity index (χ1n) is 6.78. The van der Waals surface area contributed by atoms with Crippen LogP contribution in [0.15, 0.2) is 47.5 Å². The van der Waals surface area contributed by atoms with Gasteiger partial charge in [0.25, 0.3) is 0 Å². The zero-order valence-electron chi connectivity index (χ0n) is 12.0. The van der Waals surface area contributed by atoms with Gasteiger partial charge in [-0.25, -0.2) is 0 Å². The van der Waals surface area contributed by atoms with E-state index in [1.807, 2.05) is 6.92 Å². The molecule has 1 atom stereocenters. The molecule has 0 fully saturated rings. The SMILES string of the molecule is C=C(NC1=CC(=O)CC(C)C1)c1ccc(SC(F)(F)F)cc1. The molecule has 0 saturated carbocycles. The zero-order chi connectivity index (χ0) is 16.3. The molecule has 0 aliphatic heterocycles. The van der Waals surface area contributed by atoms with Crippen molar-refractivity contribution in [3.63, 3.8) is 0 Å². The summed E-state index contributed by atoms with van der Waals surface area (Å²) in [5.41, 5.74) is -2.24. The van der Waals surface area contributed by atoms with Crippen LogP contribution in [0.3, 0.4) is 0 Å². The molecule has 1 aromatic rings. The fourth-order valence-electron chi connectivity index (χ4n) is 2.31. The van der Waals surface area contributed by atoms with Crippen LogP contribution in [0.4, 0.5) is 13.2 Å². The number of ketones is 1. The highest BCUT2D eigenvalue weighted by Gasteiger charge is 2.29. The minimum Gasteiger partial charge on any atom is -0.359 e. The molecule has 0 amide bonds. The third-order valence-corrected chi connectivity index (χ3v) is 3.94. The van der Waals surface area contributed by atoms with Crippen LogP contribution in [-0.4, -0.2) is 11.3 Å². The Bertz CT molecular complexity index is 605. The Labute approximate surface area is 131 Å². The van der Waals surface area contributed by atoms with Gasteiger partial charge in [0.1, 0.15) is 0 Å². The van der Waals surface area contributed by atoms with Crippen molar-refractivity contribution in [2.75, 3.05) is 0 Å². The summed E-state index contributed by atoms with van der Waals surface area (Å²) in [6.07, 6.45) is 2.87. The van der Waals surface area contributed by atoms with Gasteiger partial charge in [0.05, 0.1) is 0 Å². The summed E-state index contributed by atoms with van der Waals surface area (Å²) in [6.45, 7) is 5.88. The Morgan fingerprint density at radius 3 is 2.45 bits per heavy atom. The number of halogens is 3. The average molecular weight is 327 g/mol. The van der Waals surface area contributed by atoms with E-state index >= 15 is 0 Å². The van der Waals surface area contributed by atoms with Crippen molar-refractivity contribution < 1.29 is 18.0 Å². The Kier molecular flexibility index (Phi) is 5.01. The molecule has 0 bridgehead atoms. The highest BCUT2D eigenvalue weighted by atomic mass is 32.2. The fourth-order valence-corrected chi connectivity index (χ4v) is 2.85. The number of hydrogen-bond acceptors (Lipinski definition) is 3. The molecule has 0 radical (unpaired) electrons. The molecule has 1 aliphatic rings. The molecule has 0 saturated heterocycles. The quantitative estimate of drug-likeness (QED) is 0.810. The van der Waals surface area contributed by atoms with Crippen LogP contribution in [0.2, 0.25) is 0 Å². The number of carbonyl (C=O) groups is 1. The van der Waals surface area contributed by atoms with Crippen LogP contribution in [-0.2, 0) is 4.79 Å². The molecule has 1 N–H and O–H groups in total. The summed E-state index contributed by atoms with van der Waals surface area (Å²) < 4.78 is 36.8. The van der Waals surface area contributed by atoms with E-state index in [0.29, 0.717) is 17.7 Å². The first-order valence-corrected chi connectivity index (χ1v) is 7.60. The zero-order valence-corrected chi connectivity index (χ0v) is 12.9. The average Bonchev–Trinajstić information content (AvgIpc) is 2.36. The number of benzene rings is 1. The Balaban J connectivity index is 2.03. The number of rotatable bonds is 4. The number of nitrogens with one attached hydrogen (secondary N) is 1. The van der Waals surface area contributed by atoms with Gasteiger partial charge < -0.3 is 5.32 Å². The van der Waals surface area contributed by atoms with Crippen molar-refractivity contribution in [3.05, 3.63) is 48.2 Å². The third kappa shape index (κ3) is 4.94. The summed E-state index contributed by atoms with van der Waals surface area (Å²) in [7, 11) is 0. The molecule has 0 aromatic heterocycles. The molecule has 1 aliphatic carbocycles. The van der Waals surface area contributed by atoms with Crippen LogP contribution in [0.25, 0.3) is 5.70 Å². The number of allylic oxidation sites excluding steroid dienone is 2. The summed E-state index contributed by atoms with van der Waals surface area (Å²) in [5, 5.41) is 3.08. The van der Waals surface area contributed by atoms with Crippen LogP contribution < -0.4 is 5.32 Å². The lowest BCUT2D eigenvalue weighted by Crippen LogP contribution is -2.20. The maximum absolute atomic E-state index is 12.3. The maximum atomic E-state index is 12.3. The maximum Gasteiger partial charge on any atom is 0.446 e. The number of hydrogen-bond donors (Lipinski definition) is 1. The third-order valence-electron chi connectivity index (χ3n) is 3.20. The van der Waals surface area contributed by atoms with Crippen molar-refractivity contribution in [2.45, 2.75) is 30.2 Å². The van der Waals surface area contributed by atoms with Gasteiger partial charge in [-0.2, -0.15) is 13.2 Å². The number of carbonyl (C=O) groups excluding carboxylic acids is 1. The van der Waals surface area contributed by atoms with Gasteiger partial charge in [-0.1, -0.05) is 25.6 Å². The largest absolute Gasteiger partial charge is 0.446 e. The lowest BCUT2D eigenvalue weighted by Gasteiger charge is -2.20. The minimum absolute atomic E-state index is 0.0750. The predicted octanol–water partition coefficient (Wildman–Crippen LogP) is 4.74. The van der Waals surface area contributed by atoms with Gasteiger partial charge in [0.15, 0.2) is 5.78 Å². The van der Waals surface area contributed by atoms with E-state index in [4.69, 9.17) is 0 Å². The van der Waals surface area contributed by atoms with E-state index < -0.39 is 5.51 Å². The fraction of sp³-hybridized carbons (Fsp3) is 0.312. The van der Waals surface area contributed by atoms with E-state index in [9.17, 15) is 18.0 Å².